The normalized spacial score (nSPS) is 15.6. The zero-order chi connectivity index (χ0) is 23.0. The highest BCUT2D eigenvalue weighted by atomic mass is 32.2. The van der Waals surface area contributed by atoms with E-state index in [1.807, 2.05) is 0 Å². The van der Waals surface area contributed by atoms with Crippen molar-refractivity contribution in [2.75, 3.05) is 31.9 Å². The number of halogens is 3. The fourth-order valence-corrected chi connectivity index (χ4v) is 4.60. The van der Waals surface area contributed by atoms with Crippen molar-refractivity contribution in [3.05, 3.63) is 63.7 Å². The Morgan fingerprint density at radius 1 is 1.06 bits per heavy atom. The second-order valence-electron chi connectivity index (χ2n) is 6.75. The maximum atomic E-state index is 12.9. The van der Waals surface area contributed by atoms with E-state index in [0.717, 1.165) is 28.6 Å². The number of nitrogens with zero attached hydrogens (tertiary/aromatic N) is 3. The number of carbonyl (C=O) groups excluding carboxylic acids is 1. The Bertz CT molecular complexity index is 1130. The Morgan fingerprint density at radius 2 is 1.71 bits per heavy atom. The molecule has 0 spiro atoms. The monoisotopic (exact) mass is 458 g/mol. The first kappa shape index (κ1) is 22.5. The number of nitrogens with two attached hydrogens (primary N) is 1. The van der Waals surface area contributed by atoms with Gasteiger partial charge in [0.05, 0.1) is 15.4 Å². The fourth-order valence-electron chi connectivity index (χ4n) is 3.13. The summed E-state index contributed by atoms with van der Waals surface area (Å²) < 4.78 is 65.2. The molecule has 1 aliphatic heterocycles. The molecule has 3 rings (SSSR count). The third kappa shape index (κ3) is 4.61. The van der Waals surface area contributed by atoms with Gasteiger partial charge in [0.2, 0.25) is 10.0 Å². The van der Waals surface area contributed by atoms with Crippen molar-refractivity contribution in [3.8, 4) is 0 Å². The van der Waals surface area contributed by atoms with E-state index in [4.69, 9.17) is 5.73 Å². The zero-order valence-electron chi connectivity index (χ0n) is 15.9. The van der Waals surface area contributed by atoms with Gasteiger partial charge < -0.3 is 10.6 Å². The number of hydrogen-bond donors (Lipinski definition) is 1. The molecule has 1 aliphatic rings. The minimum atomic E-state index is -4.68. The lowest BCUT2D eigenvalue weighted by molar-refractivity contribution is -0.383. The lowest BCUT2D eigenvalue weighted by atomic mass is 10.1. The molecular formula is C18H17F3N4O5S. The highest BCUT2D eigenvalue weighted by Gasteiger charge is 2.34. The summed E-state index contributed by atoms with van der Waals surface area (Å²) >= 11 is 0. The zero-order valence-corrected chi connectivity index (χ0v) is 16.7. The molecule has 0 bridgehead atoms. The maximum absolute atomic E-state index is 12.9. The van der Waals surface area contributed by atoms with E-state index in [1.165, 1.54) is 17.0 Å². The molecule has 2 N–H and O–H groups in total. The number of piperazine rings is 1. The average molecular weight is 458 g/mol. The van der Waals surface area contributed by atoms with Crippen LogP contribution in [-0.2, 0) is 16.2 Å². The first-order chi connectivity index (χ1) is 14.4. The minimum Gasteiger partial charge on any atom is -0.393 e. The first-order valence-electron chi connectivity index (χ1n) is 8.92. The number of anilines is 1. The van der Waals surface area contributed by atoms with Gasteiger partial charge in [-0.2, -0.15) is 17.5 Å². The Balaban J connectivity index is 1.74. The van der Waals surface area contributed by atoms with Crippen LogP contribution in [0.15, 0.2) is 47.4 Å². The standard InChI is InChI=1S/C18H17F3N4O5S/c19-18(20,21)13-2-1-3-14(11-13)31(29,30)24-8-6-23(7-9-24)17(26)12-4-5-15(22)16(10-12)25(27)28/h1-5,10-11H,6-9,22H2. The summed E-state index contributed by atoms with van der Waals surface area (Å²) in [6.07, 6.45) is -4.68. The largest absolute Gasteiger partial charge is 0.416 e. The average Bonchev–Trinajstić information content (AvgIpc) is 2.73. The van der Waals surface area contributed by atoms with Crippen LogP contribution in [0.5, 0.6) is 0 Å². The van der Waals surface area contributed by atoms with Gasteiger partial charge in [0.15, 0.2) is 0 Å². The molecule has 1 saturated heterocycles. The molecule has 13 heteroatoms. The second-order valence-corrected chi connectivity index (χ2v) is 8.69. The molecular weight excluding hydrogens is 441 g/mol. The number of nitrogen functional groups attached to an aromatic ring is 1. The van der Waals surface area contributed by atoms with Gasteiger partial charge in [-0.25, -0.2) is 8.42 Å². The van der Waals surface area contributed by atoms with Crippen LogP contribution in [0, 0.1) is 10.1 Å². The highest BCUT2D eigenvalue weighted by molar-refractivity contribution is 7.89. The minimum absolute atomic E-state index is 0.0232. The summed E-state index contributed by atoms with van der Waals surface area (Å²) in [5.74, 6) is -0.542. The Hall–Kier alpha value is -3.19. The smallest absolute Gasteiger partial charge is 0.393 e. The summed E-state index contributed by atoms with van der Waals surface area (Å²) in [7, 11) is -4.19. The van der Waals surface area contributed by atoms with Crippen molar-refractivity contribution in [2.24, 2.45) is 0 Å². The van der Waals surface area contributed by atoms with Crippen LogP contribution in [0.1, 0.15) is 15.9 Å². The summed E-state index contributed by atoms with van der Waals surface area (Å²) in [5.41, 5.74) is 3.95. The number of nitro groups is 1. The predicted molar refractivity (Wildman–Crippen MR) is 104 cm³/mol. The maximum Gasteiger partial charge on any atom is 0.416 e. The highest BCUT2D eigenvalue weighted by Crippen LogP contribution is 2.31. The molecule has 0 unspecified atom stereocenters. The number of rotatable bonds is 4. The van der Waals surface area contributed by atoms with E-state index < -0.39 is 43.2 Å². The van der Waals surface area contributed by atoms with Crippen LogP contribution in [0.2, 0.25) is 0 Å². The third-order valence-electron chi connectivity index (χ3n) is 4.80. The van der Waals surface area contributed by atoms with Gasteiger partial charge in [-0.15, -0.1) is 0 Å². The number of alkyl halides is 3. The topological polar surface area (TPSA) is 127 Å². The molecule has 166 valence electrons. The Labute approximate surface area is 175 Å². The molecule has 1 heterocycles. The predicted octanol–water partition coefficient (Wildman–Crippen LogP) is 2.34. The first-order valence-corrected chi connectivity index (χ1v) is 10.4. The number of sulfonamides is 1. The molecule has 0 aromatic heterocycles. The summed E-state index contributed by atoms with van der Waals surface area (Å²) in [6, 6.07) is 7.06. The SMILES string of the molecule is Nc1ccc(C(=O)N2CCN(S(=O)(=O)c3cccc(C(F)(F)F)c3)CC2)cc1[N+](=O)[O-]. The van der Waals surface area contributed by atoms with Gasteiger partial charge in [-0.05, 0) is 30.3 Å². The lowest BCUT2D eigenvalue weighted by Crippen LogP contribution is -2.50. The molecule has 0 aliphatic carbocycles. The number of benzene rings is 2. The van der Waals surface area contributed by atoms with E-state index in [0.29, 0.717) is 6.07 Å². The second kappa shape index (κ2) is 8.15. The molecule has 1 fully saturated rings. The van der Waals surface area contributed by atoms with Gasteiger partial charge >= 0.3 is 6.18 Å². The molecule has 0 radical (unpaired) electrons. The van der Waals surface area contributed by atoms with Crippen LogP contribution in [0.25, 0.3) is 0 Å². The van der Waals surface area contributed by atoms with Gasteiger partial charge in [0.25, 0.3) is 11.6 Å². The van der Waals surface area contributed by atoms with Crippen LogP contribution < -0.4 is 5.73 Å². The van der Waals surface area contributed by atoms with Crippen molar-refractivity contribution >= 4 is 27.3 Å². The quantitative estimate of drug-likeness (QED) is 0.426. The van der Waals surface area contributed by atoms with Crippen molar-refractivity contribution < 1.29 is 31.3 Å². The van der Waals surface area contributed by atoms with Crippen molar-refractivity contribution in [1.29, 1.82) is 0 Å². The van der Waals surface area contributed by atoms with E-state index in [1.54, 1.807) is 0 Å². The molecule has 2 aromatic carbocycles. The lowest BCUT2D eigenvalue weighted by Gasteiger charge is -2.34. The van der Waals surface area contributed by atoms with Crippen molar-refractivity contribution in [3.63, 3.8) is 0 Å². The Morgan fingerprint density at radius 3 is 2.29 bits per heavy atom. The van der Waals surface area contributed by atoms with E-state index in [9.17, 15) is 36.5 Å². The summed E-state index contributed by atoms with van der Waals surface area (Å²) in [6.45, 7) is -0.340. The van der Waals surface area contributed by atoms with E-state index in [2.05, 4.69) is 0 Å². The molecule has 0 atom stereocenters. The number of carbonyl (C=O) groups is 1. The van der Waals surface area contributed by atoms with Crippen LogP contribution in [-0.4, -0.2) is 54.6 Å². The third-order valence-corrected chi connectivity index (χ3v) is 6.69. The summed E-state index contributed by atoms with van der Waals surface area (Å²) in [5, 5.41) is 11.0. The fraction of sp³-hybridized carbons (Fsp3) is 0.278. The number of amides is 1. The van der Waals surface area contributed by atoms with Gasteiger partial charge in [0, 0.05) is 37.8 Å². The summed E-state index contributed by atoms with van der Waals surface area (Å²) in [4.78, 5) is 23.7. The number of nitro benzene ring substituents is 1. The molecule has 9 nitrogen and oxygen atoms in total. The van der Waals surface area contributed by atoms with Crippen LogP contribution in [0.4, 0.5) is 24.5 Å². The Kier molecular flexibility index (Phi) is 5.91. The van der Waals surface area contributed by atoms with E-state index >= 15 is 0 Å². The molecule has 1 amide bonds. The van der Waals surface area contributed by atoms with Crippen LogP contribution >= 0.6 is 0 Å². The van der Waals surface area contributed by atoms with Crippen molar-refractivity contribution in [1.82, 2.24) is 9.21 Å². The number of hydrogen-bond acceptors (Lipinski definition) is 6. The molecule has 0 saturated carbocycles. The van der Waals surface area contributed by atoms with Crippen LogP contribution in [0.3, 0.4) is 0 Å². The molecule has 2 aromatic rings. The van der Waals surface area contributed by atoms with E-state index in [-0.39, 0.29) is 37.4 Å². The molecule has 31 heavy (non-hydrogen) atoms. The van der Waals surface area contributed by atoms with Gasteiger partial charge in [0.1, 0.15) is 5.69 Å². The van der Waals surface area contributed by atoms with Gasteiger partial charge in [-0.3, -0.25) is 14.9 Å². The van der Waals surface area contributed by atoms with Crippen molar-refractivity contribution in [2.45, 2.75) is 11.1 Å². The van der Waals surface area contributed by atoms with Gasteiger partial charge in [-0.1, -0.05) is 6.07 Å².